The van der Waals surface area contributed by atoms with Crippen LogP contribution >= 0.6 is 35.3 Å². The number of hydrogen-bond donors (Lipinski definition) is 2. The highest BCUT2D eigenvalue weighted by Gasteiger charge is 2.11. The fourth-order valence-electron chi connectivity index (χ4n) is 3.07. The Bertz CT molecular complexity index is 446. The van der Waals surface area contributed by atoms with Crippen molar-refractivity contribution in [3.05, 3.63) is 22.4 Å². The molecule has 2 N–H and O–H groups in total. The molecule has 144 valence electrons. The number of halogens is 1. The molecule has 0 unspecified atom stereocenters. The van der Waals surface area contributed by atoms with Crippen molar-refractivity contribution in [3.8, 4) is 0 Å². The predicted molar refractivity (Wildman–Crippen MR) is 119 cm³/mol. The van der Waals surface area contributed by atoms with Crippen molar-refractivity contribution >= 4 is 41.3 Å². The summed E-state index contributed by atoms with van der Waals surface area (Å²) in [5, 5.41) is 8.88. The van der Waals surface area contributed by atoms with Crippen molar-refractivity contribution < 1.29 is 4.74 Å². The summed E-state index contributed by atoms with van der Waals surface area (Å²) in [5.41, 5.74) is 0. The SMILES string of the molecule is CN=C(NCCCCOC1CCCCCC1)NCCc1cccs1.I. The van der Waals surface area contributed by atoms with Crippen LogP contribution in [0.2, 0.25) is 0 Å². The standard InChI is InChI=1S/C19H33N3OS.HI/c1-20-19(22-14-12-18-11-8-16-24-18)21-13-6-7-15-23-17-9-4-2-3-5-10-17;/h8,11,16-17H,2-7,9-10,12-15H2,1H3,(H2,20,21,22);1H. The summed E-state index contributed by atoms with van der Waals surface area (Å²) in [4.78, 5) is 5.69. The third-order valence-corrected chi connectivity index (χ3v) is 5.42. The molecular formula is C19H34IN3OS. The molecule has 1 aromatic heterocycles. The van der Waals surface area contributed by atoms with Crippen molar-refractivity contribution in [1.29, 1.82) is 0 Å². The highest BCUT2D eigenvalue weighted by molar-refractivity contribution is 14.0. The van der Waals surface area contributed by atoms with Crippen molar-refractivity contribution in [3.63, 3.8) is 0 Å². The molecule has 0 aliphatic heterocycles. The van der Waals surface area contributed by atoms with Crippen LogP contribution in [0.5, 0.6) is 0 Å². The summed E-state index contributed by atoms with van der Waals surface area (Å²) in [6.45, 7) is 2.77. The molecule has 0 spiro atoms. The van der Waals surface area contributed by atoms with E-state index in [0.717, 1.165) is 44.9 Å². The second kappa shape index (κ2) is 14.8. The largest absolute Gasteiger partial charge is 0.378 e. The van der Waals surface area contributed by atoms with Crippen LogP contribution in [0.1, 0.15) is 56.2 Å². The van der Waals surface area contributed by atoms with Gasteiger partial charge in [-0.15, -0.1) is 35.3 Å². The molecule has 4 nitrogen and oxygen atoms in total. The highest BCUT2D eigenvalue weighted by Crippen LogP contribution is 2.19. The van der Waals surface area contributed by atoms with E-state index in [1.54, 1.807) is 0 Å². The summed E-state index contributed by atoms with van der Waals surface area (Å²) in [6.07, 6.45) is 11.8. The third-order valence-electron chi connectivity index (χ3n) is 4.49. The molecule has 0 bridgehead atoms. The molecule has 0 saturated heterocycles. The molecule has 1 saturated carbocycles. The van der Waals surface area contributed by atoms with Crippen LogP contribution in [-0.4, -0.2) is 38.8 Å². The molecule has 1 aliphatic rings. The average Bonchev–Trinajstić information content (AvgIpc) is 2.98. The van der Waals surface area contributed by atoms with E-state index in [4.69, 9.17) is 4.74 Å². The van der Waals surface area contributed by atoms with Gasteiger partial charge in [0.1, 0.15) is 0 Å². The Hall–Kier alpha value is -0.340. The van der Waals surface area contributed by atoms with E-state index in [1.807, 2.05) is 18.4 Å². The first kappa shape index (κ1) is 22.7. The minimum Gasteiger partial charge on any atom is -0.378 e. The average molecular weight is 479 g/mol. The fourth-order valence-corrected chi connectivity index (χ4v) is 3.78. The number of guanidine groups is 1. The maximum absolute atomic E-state index is 6.03. The van der Waals surface area contributed by atoms with E-state index in [1.165, 1.54) is 43.4 Å². The molecule has 0 radical (unpaired) electrons. The normalized spacial score (nSPS) is 16.1. The van der Waals surface area contributed by atoms with Crippen molar-refractivity contribution in [2.45, 2.75) is 63.9 Å². The molecule has 2 rings (SSSR count). The Morgan fingerprint density at radius 1 is 1.16 bits per heavy atom. The van der Waals surface area contributed by atoms with Crippen LogP contribution in [0, 0.1) is 0 Å². The molecule has 1 aromatic rings. The lowest BCUT2D eigenvalue weighted by molar-refractivity contribution is 0.0411. The Kier molecular flexibility index (Phi) is 13.4. The van der Waals surface area contributed by atoms with Crippen molar-refractivity contribution in [1.82, 2.24) is 10.6 Å². The molecular weight excluding hydrogens is 445 g/mol. The van der Waals surface area contributed by atoms with Gasteiger partial charge in [-0.1, -0.05) is 31.7 Å². The number of nitrogens with one attached hydrogen (secondary N) is 2. The minimum absolute atomic E-state index is 0. The lowest BCUT2D eigenvalue weighted by Crippen LogP contribution is -2.38. The van der Waals surface area contributed by atoms with E-state index in [-0.39, 0.29) is 24.0 Å². The van der Waals surface area contributed by atoms with Crippen LogP contribution in [0.4, 0.5) is 0 Å². The summed E-state index contributed by atoms with van der Waals surface area (Å²) in [7, 11) is 1.83. The second-order valence-electron chi connectivity index (χ2n) is 6.45. The van der Waals surface area contributed by atoms with E-state index in [2.05, 4.69) is 33.1 Å². The van der Waals surface area contributed by atoms with E-state index >= 15 is 0 Å². The molecule has 0 atom stereocenters. The first-order chi connectivity index (χ1) is 11.9. The quantitative estimate of drug-likeness (QED) is 0.179. The van der Waals surface area contributed by atoms with Gasteiger partial charge < -0.3 is 15.4 Å². The van der Waals surface area contributed by atoms with Crippen LogP contribution in [-0.2, 0) is 11.2 Å². The number of unbranched alkanes of at least 4 members (excludes halogenated alkanes) is 1. The van der Waals surface area contributed by atoms with Gasteiger partial charge in [0.2, 0.25) is 0 Å². The zero-order chi connectivity index (χ0) is 16.9. The van der Waals surface area contributed by atoms with Crippen LogP contribution < -0.4 is 10.6 Å². The van der Waals surface area contributed by atoms with Crippen LogP contribution in [0.25, 0.3) is 0 Å². The Morgan fingerprint density at radius 2 is 1.92 bits per heavy atom. The summed E-state index contributed by atoms with van der Waals surface area (Å²) in [6, 6.07) is 4.28. The lowest BCUT2D eigenvalue weighted by Gasteiger charge is -2.15. The number of thiophene rings is 1. The van der Waals surface area contributed by atoms with Gasteiger partial charge in [0.15, 0.2) is 5.96 Å². The molecule has 1 aliphatic carbocycles. The van der Waals surface area contributed by atoms with Crippen molar-refractivity contribution in [2.75, 3.05) is 26.7 Å². The summed E-state index contributed by atoms with van der Waals surface area (Å²) in [5.74, 6) is 0.899. The maximum Gasteiger partial charge on any atom is 0.190 e. The van der Waals surface area contributed by atoms with E-state index < -0.39 is 0 Å². The fraction of sp³-hybridized carbons (Fsp3) is 0.737. The topological polar surface area (TPSA) is 45.7 Å². The number of ether oxygens (including phenoxy) is 1. The molecule has 6 heteroatoms. The monoisotopic (exact) mass is 479 g/mol. The molecule has 1 fully saturated rings. The highest BCUT2D eigenvalue weighted by atomic mass is 127. The number of hydrogen-bond acceptors (Lipinski definition) is 3. The second-order valence-corrected chi connectivity index (χ2v) is 7.48. The Labute approximate surface area is 174 Å². The Balaban J connectivity index is 0.00000312. The maximum atomic E-state index is 6.03. The number of aliphatic imine (C=N–C) groups is 1. The lowest BCUT2D eigenvalue weighted by atomic mass is 10.1. The third kappa shape index (κ3) is 10.4. The van der Waals surface area contributed by atoms with Crippen LogP contribution in [0.3, 0.4) is 0 Å². The van der Waals surface area contributed by atoms with E-state index in [9.17, 15) is 0 Å². The van der Waals surface area contributed by atoms with E-state index in [0.29, 0.717) is 6.10 Å². The number of rotatable bonds is 9. The van der Waals surface area contributed by atoms with Gasteiger partial charge >= 0.3 is 0 Å². The van der Waals surface area contributed by atoms with Gasteiger partial charge in [0.25, 0.3) is 0 Å². The zero-order valence-electron chi connectivity index (χ0n) is 15.5. The van der Waals surface area contributed by atoms with Gasteiger partial charge in [-0.2, -0.15) is 0 Å². The molecule has 0 amide bonds. The summed E-state index contributed by atoms with van der Waals surface area (Å²) < 4.78 is 6.03. The predicted octanol–water partition coefficient (Wildman–Crippen LogP) is 4.59. The van der Waals surface area contributed by atoms with Gasteiger partial charge in [0, 0.05) is 31.6 Å². The van der Waals surface area contributed by atoms with Gasteiger partial charge in [-0.3, -0.25) is 4.99 Å². The van der Waals surface area contributed by atoms with Crippen LogP contribution in [0.15, 0.2) is 22.5 Å². The molecule has 1 heterocycles. The Morgan fingerprint density at radius 3 is 2.60 bits per heavy atom. The van der Waals surface area contributed by atoms with Gasteiger partial charge in [-0.05, 0) is 43.6 Å². The minimum atomic E-state index is 0. The van der Waals surface area contributed by atoms with Gasteiger partial charge in [-0.25, -0.2) is 0 Å². The number of nitrogens with zero attached hydrogens (tertiary/aromatic N) is 1. The molecule has 25 heavy (non-hydrogen) atoms. The first-order valence-electron chi connectivity index (χ1n) is 9.47. The molecule has 0 aromatic carbocycles. The first-order valence-corrected chi connectivity index (χ1v) is 10.3. The van der Waals surface area contributed by atoms with Crippen molar-refractivity contribution in [2.24, 2.45) is 4.99 Å². The zero-order valence-corrected chi connectivity index (χ0v) is 18.6. The smallest absolute Gasteiger partial charge is 0.190 e. The summed E-state index contributed by atoms with van der Waals surface area (Å²) >= 11 is 1.81. The van der Waals surface area contributed by atoms with Gasteiger partial charge in [0.05, 0.1) is 6.10 Å².